The predicted octanol–water partition coefficient (Wildman–Crippen LogP) is 3.51. The molecular weight excluding hydrogens is 478 g/mol. The molecule has 194 valence electrons. The van der Waals surface area contributed by atoms with Gasteiger partial charge in [0, 0.05) is 12.6 Å². The fraction of sp³-hybridized carbons (Fsp3) is 0.400. The molecule has 0 radical (unpaired) electrons. The number of nitrogens with zero attached hydrogens (tertiary/aromatic N) is 5. The van der Waals surface area contributed by atoms with Crippen molar-refractivity contribution in [3.63, 3.8) is 0 Å². The molecule has 1 atom stereocenters. The lowest BCUT2D eigenvalue weighted by Crippen LogP contribution is -2.49. The van der Waals surface area contributed by atoms with Crippen LogP contribution in [0.15, 0.2) is 36.7 Å². The monoisotopic (exact) mass is 507 g/mol. The third-order valence-corrected chi connectivity index (χ3v) is 5.29. The number of methoxy groups -OCH3 is 1. The van der Waals surface area contributed by atoms with Gasteiger partial charge in [-0.05, 0) is 32.9 Å². The third kappa shape index (κ3) is 6.65. The molecule has 1 aliphatic rings. The Kier molecular flexibility index (Phi) is 7.74. The lowest BCUT2D eigenvalue weighted by Gasteiger charge is -2.34. The summed E-state index contributed by atoms with van der Waals surface area (Å²) in [5.74, 6) is 2.09. The first kappa shape index (κ1) is 25.7. The van der Waals surface area contributed by atoms with Gasteiger partial charge in [-0.3, -0.25) is 5.10 Å². The minimum absolute atomic E-state index is 0.222. The first-order chi connectivity index (χ1) is 17.8. The molecular formula is C25H29N7O5. The summed E-state index contributed by atoms with van der Waals surface area (Å²) in [6.45, 7) is 6.95. The number of morpholine rings is 1. The molecule has 1 saturated heterocycles. The maximum absolute atomic E-state index is 12.5. The highest BCUT2D eigenvalue weighted by atomic mass is 16.6. The Bertz CT molecular complexity index is 1260. The molecule has 3 aromatic rings. The number of anilines is 2. The molecule has 1 aromatic carbocycles. The van der Waals surface area contributed by atoms with Crippen LogP contribution in [-0.2, 0) is 9.47 Å². The summed E-state index contributed by atoms with van der Waals surface area (Å²) in [7, 11) is 1.58. The molecule has 1 fully saturated rings. The number of benzene rings is 1. The van der Waals surface area contributed by atoms with E-state index in [0.717, 1.165) is 0 Å². The quantitative estimate of drug-likeness (QED) is 0.487. The van der Waals surface area contributed by atoms with Gasteiger partial charge in [-0.15, -0.1) is 0 Å². The smallest absolute Gasteiger partial charge is 0.410 e. The first-order valence-electron chi connectivity index (χ1n) is 11.7. The largest absolute Gasteiger partial charge is 0.496 e. The van der Waals surface area contributed by atoms with Crippen molar-refractivity contribution in [2.75, 3.05) is 38.7 Å². The number of carbonyl (C=O) groups excluding carboxylic acids is 1. The van der Waals surface area contributed by atoms with Crippen LogP contribution in [0.5, 0.6) is 11.5 Å². The molecule has 4 rings (SSSR count). The fourth-order valence-electron chi connectivity index (χ4n) is 3.66. The van der Waals surface area contributed by atoms with Crippen LogP contribution in [0.4, 0.5) is 16.4 Å². The number of aromatic nitrogens is 4. The molecule has 2 aromatic heterocycles. The zero-order chi connectivity index (χ0) is 26.4. The van der Waals surface area contributed by atoms with E-state index in [1.54, 1.807) is 18.1 Å². The van der Waals surface area contributed by atoms with E-state index < -0.39 is 5.60 Å². The standard InChI is InChI=1S/C25H29N7O5/c1-25(2,3)37-24(33)32-8-9-35-17(14-32)15-36-20-7-5-6-19(34-4)23(20)18-10-21(31-30-18)29-22-13-27-16(11-26)12-28-22/h5-7,10,12-13,17H,8-9,14-15H2,1-4H3,(H2,28,29,30,31)/t17-/m0/s1. The maximum atomic E-state index is 12.5. The highest BCUT2D eigenvalue weighted by Crippen LogP contribution is 2.38. The summed E-state index contributed by atoms with van der Waals surface area (Å²) in [5.41, 5.74) is 0.981. The Morgan fingerprint density at radius 3 is 2.78 bits per heavy atom. The highest BCUT2D eigenvalue weighted by molar-refractivity contribution is 5.76. The first-order valence-corrected chi connectivity index (χ1v) is 11.7. The van der Waals surface area contributed by atoms with Crippen LogP contribution in [0.25, 0.3) is 11.3 Å². The fourth-order valence-corrected chi connectivity index (χ4v) is 3.66. The van der Waals surface area contributed by atoms with E-state index in [1.807, 2.05) is 45.0 Å². The zero-order valence-electron chi connectivity index (χ0n) is 21.1. The number of aromatic amines is 1. The molecule has 0 aliphatic carbocycles. The number of nitriles is 1. The van der Waals surface area contributed by atoms with Gasteiger partial charge in [-0.25, -0.2) is 14.8 Å². The van der Waals surface area contributed by atoms with Crippen LogP contribution in [-0.4, -0.2) is 76.3 Å². The highest BCUT2D eigenvalue weighted by Gasteiger charge is 2.29. The van der Waals surface area contributed by atoms with E-state index in [2.05, 4.69) is 25.5 Å². The predicted molar refractivity (Wildman–Crippen MR) is 134 cm³/mol. The number of rotatable bonds is 7. The Hall–Kier alpha value is -4.37. The summed E-state index contributed by atoms with van der Waals surface area (Å²) >= 11 is 0. The molecule has 0 unspecified atom stereocenters. The Labute approximate surface area is 214 Å². The number of hydrogen-bond donors (Lipinski definition) is 2. The van der Waals surface area contributed by atoms with Gasteiger partial charge in [0.1, 0.15) is 41.7 Å². The van der Waals surface area contributed by atoms with Crippen molar-refractivity contribution in [3.8, 4) is 28.8 Å². The summed E-state index contributed by atoms with van der Waals surface area (Å²) < 4.78 is 23.0. The third-order valence-electron chi connectivity index (χ3n) is 5.29. The second-order valence-electron chi connectivity index (χ2n) is 9.25. The number of carbonyl (C=O) groups is 1. The van der Waals surface area contributed by atoms with Crippen LogP contribution in [0.3, 0.4) is 0 Å². The van der Waals surface area contributed by atoms with E-state index in [9.17, 15) is 4.79 Å². The summed E-state index contributed by atoms with van der Waals surface area (Å²) in [4.78, 5) is 22.2. The number of H-pyrrole nitrogens is 1. The molecule has 0 spiro atoms. The van der Waals surface area contributed by atoms with Crippen LogP contribution < -0.4 is 14.8 Å². The second kappa shape index (κ2) is 11.1. The van der Waals surface area contributed by atoms with Crippen LogP contribution in [0, 0.1) is 11.3 Å². The van der Waals surface area contributed by atoms with E-state index >= 15 is 0 Å². The van der Waals surface area contributed by atoms with Gasteiger partial charge in [0.25, 0.3) is 0 Å². The summed E-state index contributed by atoms with van der Waals surface area (Å²) in [6.07, 6.45) is 2.14. The van der Waals surface area contributed by atoms with Crippen molar-refractivity contribution < 1.29 is 23.7 Å². The number of nitrogens with one attached hydrogen (secondary N) is 2. The Morgan fingerprint density at radius 2 is 2.08 bits per heavy atom. The average Bonchev–Trinajstić information content (AvgIpc) is 3.34. The SMILES string of the molecule is COc1cccc(OC[C@@H]2CN(C(=O)OC(C)(C)C)CCO2)c1-c1cc(Nc2cnc(C#N)cn2)n[nH]1. The van der Waals surface area contributed by atoms with Crippen molar-refractivity contribution >= 4 is 17.7 Å². The maximum Gasteiger partial charge on any atom is 0.410 e. The van der Waals surface area contributed by atoms with Crippen LogP contribution >= 0.6 is 0 Å². The molecule has 12 heteroatoms. The van der Waals surface area contributed by atoms with Gasteiger partial charge < -0.3 is 29.2 Å². The van der Waals surface area contributed by atoms with E-state index in [4.69, 9.17) is 24.2 Å². The molecule has 0 saturated carbocycles. The van der Waals surface area contributed by atoms with Gasteiger partial charge >= 0.3 is 6.09 Å². The normalized spacial score (nSPS) is 15.5. The molecule has 1 amide bonds. The lowest BCUT2D eigenvalue weighted by atomic mass is 10.1. The van der Waals surface area contributed by atoms with Crippen molar-refractivity contribution in [1.29, 1.82) is 5.26 Å². The molecule has 12 nitrogen and oxygen atoms in total. The number of ether oxygens (including phenoxy) is 4. The minimum atomic E-state index is -0.568. The molecule has 3 heterocycles. The molecule has 0 bridgehead atoms. The molecule has 2 N–H and O–H groups in total. The topological polar surface area (TPSA) is 148 Å². The van der Waals surface area contributed by atoms with Gasteiger partial charge in [0.15, 0.2) is 11.5 Å². The summed E-state index contributed by atoms with van der Waals surface area (Å²) in [6, 6.07) is 9.19. The van der Waals surface area contributed by atoms with E-state index in [1.165, 1.54) is 12.4 Å². The van der Waals surface area contributed by atoms with Crippen LogP contribution in [0.2, 0.25) is 0 Å². The average molecular weight is 508 g/mol. The van der Waals surface area contributed by atoms with Gasteiger partial charge in [0.2, 0.25) is 0 Å². The number of hydrogen-bond acceptors (Lipinski definition) is 10. The van der Waals surface area contributed by atoms with Crippen molar-refractivity contribution in [1.82, 2.24) is 25.1 Å². The van der Waals surface area contributed by atoms with Crippen molar-refractivity contribution in [2.45, 2.75) is 32.5 Å². The van der Waals surface area contributed by atoms with Gasteiger partial charge in [0.05, 0.1) is 43.9 Å². The van der Waals surface area contributed by atoms with Crippen molar-refractivity contribution in [2.24, 2.45) is 0 Å². The summed E-state index contributed by atoms with van der Waals surface area (Å²) in [5, 5.41) is 19.2. The molecule has 1 aliphatic heterocycles. The lowest BCUT2D eigenvalue weighted by molar-refractivity contribution is -0.0556. The minimum Gasteiger partial charge on any atom is -0.496 e. The van der Waals surface area contributed by atoms with Gasteiger partial charge in [-0.2, -0.15) is 10.4 Å². The van der Waals surface area contributed by atoms with Crippen molar-refractivity contribution in [3.05, 3.63) is 42.4 Å². The van der Waals surface area contributed by atoms with Gasteiger partial charge in [-0.1, -0.05) is 6.07 Å². The van der Waals surface area contributed by atoms with E-state index in [-0.39, 0.29) is 24.5 Å². The van der Waals surface area contributed by atoms with E-state index in [0.29, 0.717) is 54.1 Å². The molecule has 37 heavy (non-hydrogen) atoms. The Balaban J connectivity index is 1.46. The Morgan fingerprint density at radius 1 is 1.27 bits per heavy atom. The van der Waals surface area contributed by atoms with Crippen LogP contribution in [0.1, 0.15) is 26.5 Å². The number of amides is 1. The zero-order valence-corrected chi connectivity index (χ0v) is 21.1. The second-order valence-corrected chi connectivity index (χ2v) is 9.25.